The third-order valence-corrected chi connectivity index (χ3v) is 5.59. The molecule has 1 heterocycles. The number of rotatable bonds is 0. The van der Waals surface area contributed by atoms with Crippen LogP contribution in [0, 0.1) is 5.92 Å². The number of ketones is 1. The molecule has 1 saturated carbocycles. The van der Waals surface area contributed by atoms with Crippen molar-refractivity contribution in [1.29, 1.82) is 0 Å². The maximum atomic E-state index is 12.8. The summed E-state index contributed by atoms with van der Waals surface area (Å²) in [5, 5.41) is 23.7. The predicted molar refractivity (Wildman–Crippen MR) is 73.6 cm³/mol. The van der Waals surface area contributed by atoms with Crippen molar-refractivity contribution in [1.82, 2.24) is 5.32 Å². The molecule has 4 atom stereocenters. The standard InChI is InChI=1S/C16H19NO3/c18-13-3-1-2-10-9(13)8-12-11-4-5-14(19)15(20)16(10,11)6-7-17-12/h1-3,11-12,14,17-19H,4-8H2/t11-,12+,14?,16+/m0/s1. The van der Waals surface area contributed by atoms with Crippen molar-refractivity contribution in [2.45, 2.75) is 43.2 Å². The Bertz CT molecular complexity index is 585. The van der Waals surface area contributed by atoms with Gasteiger partial charge in [0.2, 0.25) is 0 Å². The van der Waals surface area contributed by atoms with Crippen molar-refractivity contribution in [2.24, 2.45) is 5.92 Å². The van der Waals surface area contributed by atoms with Gasteiger partial charge in [-0.15, -0.1) is 0 Å². The summed E-state index contributed by atoms with van der Waals surface area (Å²) >= 11 is 0. The molecule has 0 radical (unpaired) electrons. The monoisotopic (exact) mass is 273 g/mol. The summed E-state index contributed by atoms with van der Waals surface area (Å²) in [4.78, 5) is 12.8. The van der Waals surface area contributed by atoms with Crippen molar-refractivity contribution in [3.05, 3.63) is 29.3 Å². The van der Waals surface area contributed by atoms with Crippen LogP contribution >= 0.6 is 0 Å². The Balaban J connectivity index is 1.98. The number of benzene rings is 1. The van der Waals surface area contributed by atoms with Crippen LogP contribution in [0.5, 0.6) is 5.75 Å². The number of phenols is 1. The molecule has 2 fully saturated rings. The molecule has 1 aromatic rings. The Morgan fingerprint density at radius 1 is 1.30 bits per heavy atom. The SMILES string of the molecule is O=C1C(O)CC[C@H]2[C@H]3Cc4c(O)cccc4[C@@]12CCN3. The number of aromatic hydroxyl groups is 1. The van der Waals surface area contributed by atoms with Gasteiger partial charge in [-0.1, -0.05) is 12.1 Å². The molecule has 0 aromatic heterocycles. The van der Waals surface area contributed by atoms with Crippen LogP contribution in [-0.2, 0) is 16.6 Å². The van der Waals surface area contributed by atoms with Gasteiger partial charge in [0.1, 0.15) is 11.9 Å². The van der Waals surface area contributed by atoms with Crippen LogP contribution in [0.25, 0.3) is 0 Å². The molecule has 20 heavy (non-hydrogen) atoms. The molecule has 106 valence electrons. The zero-order valence-corrected chi connectivity index (χ0v) is 11.3. The Morgan fingerprint density at radius 2 is 2.15 bits per heavy atom. The van der Waals surface area contributed by atoms with Gasteiger partial charge in [0.25, 0.3) is 0 Å². The first kappa shape index (κ1) is 12.4. The number of carbonyl (C=O) groups is 1. The molecule has 0 spiro atoms. The van der Waals surface area contributed by atoms with E-state index >= 15 is 0 Å². The highest BCUT2D eigenvalue weighted by Crippen LogP contribution is 2.53. The third-order valence-electron chi connectivity index (χ3n) is 5.59. The normalized spacial score (nSPS) is 39.0. The van der Waals surface area contributed by atoms with Gasteiger partial charge < -0.3 is 15.5 Å². The van der Waals surface area contributed by atoms with Crippen molar-refractivity contribution in [2.75, 3.05) is 6.54 Å². The zero-order valence-electron chi connectivity index (χ0n) is 11.3. The number of Topliss-reactive ketones (excluding diaryl/α,β-unsaturated/α-hetero) is 1. The van der Waals surface area contributed by atoms with E-state index in [1.165, 1.54) is 0 Å². The van der Waals surface area contributed by atoms with Crippen molar-refractivity contribution in [3.8, 4) is 5.75 Å². The minimum Gasteiger partial charge on any atom is -0.508 e. The molecular weight excluding hydrogens is 254 g/mol. The summed E-state index contributed by atoms with van der Waals surface area (Å²) in [5.41, 5.74) is 1.27. The number of aliphatic hydroxyl groups excluding tert-OH is 1. The Morgan fingerprint density at radius 3 is 3.00 bits per heavy atom. The average molecular weight is 273 g/mol. The topological polar surface area (TPSA) is 69.6 Å². The van der Waals surface area contributed by atoms with E-state index in [0.29, 0.717) is 6.42 Å². The molecule has 0 amide bonds. The van der Waals surface area contributed by atoms with E-state index in [2.05, 4.69) is 5.32 Å². The quantitative estimate of drug-likeness (QED) is 0.656. The Hall–Kier alpha value is -1.39. The number of phenolic OH excluding ortho intramolecular Hbond substituents is 1. The molecule has 1 saturated heterocycles. The predicted octanol–water partition coefficient (Wildman–Crippen LogP) is 0.888. The number of aliphatic hydroxyl groups is 1. The fraction of sp³-hybridized carbons (Fsp3) is 0.562. The van der Waals surface area contributed by atoms with Gasteiger partial charge in [-0.2, -0.15) is 0 Å². The lowest BCUT2D eigenvalue weighted by atomic mass is 9.51. The summed E-state index contributed by atoms with van der Waals surface area (Å²) in [6.45, 7) is 0.800. The lowest BCUT2D eigenvalue weighted by molar-refractivity contribution is -0.143. The highest BCUT2D eigenvalue weighted by Gasteiger charge is 2.58. The fourth-order valence-corrected chi connectivity index (χ4v) is 4.75. The first-order valence-corrected chi connectivity index (χ1v) is 7.41. The van der Waals surface area contributed by atoms with Crippen LogP contribution in [0.1, 0.15) is 30.4 Å². The number of fused-ring (bicyclic) bond motifs is 1. The summed E-state index contributed by atoms with van der Waals surface area (Å²) < 4.78 is 0. The van der Waals surface area contributed by atoms with Crippen LogP contribution in [0.3, 0.4) is 0 Å². The number of carbonyl (C=O) groups excluding carboxylic acids is 1. The van der Waals surface area contributed by atoms with Gasteiger partial charge >= 0.3 is 0 Å². The van der Waals surface area contributed by atoms with Crippen molar-refractivity contribution in [3.63, 3.8) is 0 Å². The van der Waals surface area contributed by atoms with Gasteiger partial charge in [0.05, 0.1) is 5.41 Å². The number of hydrogen-bond donors (Lipinski definition) is 3. The van der Waals surface area contributed by atoms with E-state index in [9.17, 15) is 15.0 Å². The molecule has 1 aliphatic heterocycles. The molecule has 3 N–H and O–H groups in total. The lowest BCUT2D eigenvalue weighted by Crippen LogP contribution is -2.65. The highest BCUT2D eigenvalue weighted by molar-refractivity contribution is 5.96. The van der Waals surface area contributed by atoms with Gasteiger partial charge in [0.15, 0.2) is 5.78 Å². The lowest BCUT2D eigenvalue weighted by Gasteiger charge is -2.55. The van der Waals surface area contributed by atoms with Crippen molar-refractivity contribution >= 4 is 5.78 Å². The molecule has 2 aliphatic carbocycles. The van der Waals surface area contributed by atoms with Crippen molar-refractivity contribution < 1.29 is 15.0 Å². The second-order valence-electron chi connectivity index (χ2n) is 6.35. The van der Waals surface area contributed by atoms with Gasteiger partial charge in [0, 0.05) is 6.04 Å². The highest BCUT2D eigenvalue weighted by atomic mass is 16.3. The molecule has 3 aliphatic rings. The molecular formula is C16H19NO3. The van der Waals surface area contributed by atoms with Crippen LogP contribution in [-0.4, -0.2) is 34.7 Å². The minimum atomic E-state index is -0.849. The molecule has 4 rings (SSSR count). The van der Waals surface area contributed by atoms with E-state index in [1.54, 1.807) is 6.07 Å². The van der Waals surface area contributed by atoms with E-state index in [-0.39, 0.29) is 23.5 Å². The Kier molecular flexibility index (Phi) is 2.51. The summed E-state index contributed by atoms with van der Waals surface area (Å²) in [5.74, 6) is 0.495. The Labute approximate surface area is 117 Å². The maximum Gasteiger partial charge on any atom is 0.172 e. The number of nitrogens with one attached hydrogen (secondary N) is 1. The second-order valence-corrected chi connectivity index (χ2v) is 6.35. The van der Waals surface area contributed by atoms with E-state index < -0.39 is 11.5 Å². The van der Waals surface area contributed by atoms with Gasteiger partial charge in [-0.3, -0.25) is 4.79 Å². The first-order chi connectivity index (χ1) is 9.64. The van der Waals surface area contributed by atoms with E-state index in [0.717, 1.165) is 36.9 Å². The zero-order chi connectivity index (χ0) is 13.9. The van der Waals surface area contributed by atoms with Crippen LogP contribution < -0.4 is 5.32 Å². The molecule has 1 unspecified atom stereocenters. The van der Waals surface area contributed by atoms with Crippen LogP contribution in [0.2, 0.25) is 0 Å². The molecule has 2 bridgehead atoms. The minimum absolute atomic E-state index is 0.0354. The summed E-state index contributed by atoms with van der Waals surface area (Å²) in [6.07, 6.45) is 2.09. The van der Waals surface area contributed by atoms with Crippen LogP contribution in [0.4, 0.5) is 0 Å². The second kappa shape index (κ2) is 4.06. The van der Waals surface area contributed by atoms with E-state index in [1.807, 2.05) is 12.1 Å². The maximum absolute atomic E-state index is 12.8. The molecule has 1 aromatic carbocycles. The van der Waals surface area contributed by atoms with E-state index in [4.69, 9.17) is 0 Å². The van der Waals surface area contributed by atoms with Gasteiger partial charge in [-0.05, 0) is 55.3 Å². The summed E-state index contributed by atoms with van der Waals surface area (Å²) in [7, 11) is 0. The molecule has 4 heteroatoms. The number of piperidine rings is 1. The average Bonchev–Trinajstić information content (AvgIpc) is 2.44. The first-order valence-electron chi connectivity index (χ1n) is 7.41. The largest absolute Gasteiger partial charge is 0.508 e. The smallest absolute Gasteiger partial charge is 0.172 e. The molecule has 4 nitrogen and oxygen atoms in total. The van der Waals surface area contributed by atoms with Gasteiger partial charge in [-0.25, -0.2) is 0 Å². The van der Waals surface area contributed by atoms with Crippen LogP contribution in [0.15, 0.2) is 18.2 Å². The fourth-order valence-electron chi connectivity index (χ4n) is 4.75. The number of hydrogen-bond acceptors (Lipinski definition) is 4. The third kappa shape index (κ3) is 1.36. The summed E-state index contributed by atoms with van der Waals surface area (Å²) in [6, 6.07) is 5.71.